The lowest BCUT2D eigenvalue weighted by Gasteiger charge is -2.31. The van der Waals surface area contributed by atoms with E-state index in [1.165, 1.54) is 17.0 Å². The summed E-state index contributed by atoms with van der Waals surface area (Å²) in [6.07, 6.45) is 1.12. The second-order valence-corrected chi connectivity index (χ2v) is 4.46. The van der Waals surface area contributed by atoms with Gasteiger partial charge in [0.2, 0.25) is 0 Å². The third kappa shape index (κ3) is 2.66. The number of amides is 1. The van der Waals surface area contributed by atoms with Crippen molar-refractivity contribution < 1.29 is 18.3 Å². The van der Waals surface area contributed by atoms with Crippen LogP contribution in [-0.2, 0) is 4.74 Å². The number of halogens is 2. The lowest BCUT2D eigenvalue weighted by Crippen LogP contribution is -2.45. The first kappa shape index (κ1) is 13.7. The highest BCUT2D eigenvalue weighted by atomic mass is 19.1. The Bertz CT molecular complexity index is 516. The van der Waals surface area contributed by atoms with Crippen LogP contribution in [-0.4, -0.2) is 36.6 Å². The first-order chi connectivity index (χ1) is 9.04. The molecule has 19 heavy (non-hydrogen) atoms. The highest BCUT2D eigenvalue weighted by Gasteiger charge is 2.27. The van der Waals surface area contributed by atoms with E-state index in [1.54, 1.807) is 0 Å². The molecule has 1 amide bonds. The molecular formula is C14H15F2NO2. The summed E-state index contributed by atoms with van der Waals surface area (Å²) in [5.74, 6) is -2.36. The van der Waals surface area contributed by atoms with E-state index < -0.39 is 23.1 Å². The van der Waals surface area contributed by atoms with Gasteiger partial charge in [0.25, 0.3) is 5.91 Å². The van der Waals surface area contributed by atoms with Crippen LogP contribution in [0.25, 0.3) is 6.08 Å². The van der Waals surface area contributed by atoms with Crippen LogP contribution in [0.2, 0.25) is 0 Å². The molecule has 1 aliphatic heterocycles. The highest BCUT2D eigenvalue weighted by molar-refractivity contribution is 5.95. The van der Waals surface area contributed by atoms with E-state index in [0.29, 0.717) is 19.7 Å². The van der Waals surface area contributed by atoms with Crippen molar-refractivity contribution in [3.63, 3.8) is 0 Å². The van der Waals surface area contributed by atoms with Crippen molar-refractivity contribution in [3.05, 3.63) is 41.5 Å². The van der Waals surface area contributed by atoms with Crippen molar-refractivity contribution in [2.45, 2.75) is 13.0 Å². The van der Waals surface area contributed by atoms with Crippen LogP contribution < -0.4 is 0 Å². The lowest BCUT2D eigenvalue weighted by molar-refractivity contribution is -0.0127. The average Bonchev–Trinajstić information content (AvgIpc) is 2.39. The SMILES string of the molecule is C=Cc1ccc(F)c(C(=O)N2CCO[C@@H](C)C2)c1F. The zero-order valence-electron chi connectivity index (χ0n) is 10.7. The molecule has 0 unspecified atom stereocenters. The van der Waals surface area contributed by atoms with E-state index >= 15 is 0 Å². The predicted octanol–water partition coefficient (Wildman–Crippen LogP) is 2.47. The molecule has 1 aromatic carbocycles. The number of rotatable bonds is 2. The fraction of sp³-hybridized carbons (Fsp3) is 0.357. The van der Waals surface area contributed by atoms with Crippen molar-refractivity contribution in [2.75, 3.05) is 19.7 Å². The second-order valence-electron chi connectivity index (χ2n) is 4.46. The van der Waals surface area contributed by atoms with Crippen LogP contribution in [0.5, 0.6) is 0 Å². The quantitative estimate of drug-likeness (QED) is 0.823. The summed E-state index contributed by atoms with van der Waals surface area (Å²) in [4.78, 5) is 13.6. The van der Waals surface area contributed by atoms with Gasteiger partial charge in [0.1, 0.15) is 17.2 Å². The molecule has 0 N–H and O–H groups in total. The van der Waals surface area contributed by atoms with Gasteiger partial charge in [0.15, 0.2) is 0 Å². The molecule has 0 saturated carbocycles. The van der Waals surface area contributed by atoms with Crippen LogP contribution in [0.1, 0.15) is 22.8 Å². The number of hydrogen-bond acceptors (Lipinski definition) is 2. The van der Waals surface area contributed by atoms with Gasteiger partial charge in [-0.3, -0.25) is 4.79 Å². The lowest BCUT2D eigenvalue weighted by atomic mass is 10.1. The predicted molar refractivity (Wildman–Crippen MR) is 67.8 cm³/mol. The molecule has 0 aliphatic carbocycles. The molecule has 5 heteroatoms. The Balaban J connectivity index is 2.35. The van der Waals surface area contributed by atoms with Crippen LogP contribution >= 0.6 is 0 Å². The second kappa shape index (κ2) is 5.48. The van der Waals surface area contributed by atoms with E-state index in [9.17, 15) is 13.6 Å². The molecule has 1 fully saturated rings. The normalized spacial score (nSPS) is 19.3. The Labute approximate surface area is 110 Å². The fourth-order valence-corrected chi connectivity index (χ4v) is 2.08. The van der Waals surface area contributed by atoms with E-state index in [2.05, 4.69) is 6.58 Å². The molecule has 1 aromatic rings. The third-order valence-corrected chi connectivity index (χ3v) is 3.08. The van der Waals surface area contributed by atoms with E-state index in [1.807, 2.05) is 6.92 Å². The molecule has 1 atom stereocenters. The Morgan fingerprint density at radius 3 is 2.89 bits per heavy atom. The summed E-state index contributed by atoms with van der Waals surface area (Å²) in [6.45, 7) is 6.29. The molecule has 0 bridgehead atoms. The van der Waals surface area contributed by atoms with Crippen LogP contribution in [0.15, 0.2) is 18.7 Å². The number of ether oxygens (including phenoxy) is 1. The maximum absolute atomic E-state index is 14.0. The van der Waals surface area contributed by atoms with Gasteiger partial charge in [0, 0.05) is 18.7 Å². The molecule has 0 radical (unpaired) electrons. The van der Waals surface area contributed by atoms with Crippen molar-refractivity contribution in [3.8, 4) is 0 Å². The molecule has 102 valence electrons. The monoisotopic (exact) mass is 267 g/mol. The van der Waals surface area contributed by atoms with Crippen molar-refractivity contribution in [1.29, 1.82) is 0 Å². The zero-order chi connectivity index (χ0) is 14.0. The standard InChI is InChI=1S/C14H15F2NO2/c1-3-10-4-5-11(15)12(13(10)16)14(18)17-6-7-19-9(2)8-17/h3-5,9H,1,6-8H2,2H3/t9-/m0/s1. The largest absolute Gasteiger partial charge is 0.375 e. The average molecular weight is 267 g/mol. The molecule has 1 aliphatic rings. The molecular weight excluding hydrogens is 252 g/mol. The van der Waals surface area contributed by atoms with Gasteiger partial charge >= 0.3 is 0 Å². The minimum atomic E-state index is -0.862. The summed E-state index contributed by atoms with van der Waals surface area (Å²) in [6, 6.07) is 2.34. The topological polar surface area (TPSA) is 29.5 Å². The number of carbonyl (C=O) groups is 1. The maximum atomic E-state index is 14.0. The van der Waals surface area contributed by atoms with Gasteiger partial charge in [-0.2, -0.15) is 0 Å². The summed E-state index contributed by atoms with van der Waals surface area (Å²) >= 11 is 0. The molecule has 3 nitrogen and oxygen atoms in total. The van der Waals surface area contributed by atoms with Crippen molar-refractivity contribution in [1.82, 2.24) is 4.90 Å². The van der Waals surface area contributed by atoms with E-state index in [-0.39, 0.29) is 11.7 Å². The van der Waals surface area contributed by atoms with Crippen molar-refractivity contribution in [2.24, 2.45) is 0 Å². The first-order valence-electron chi connectivity index (χ1n) is 6.06. The minimum absolute atomic E-state index is 0.117. The summed E-state index contributed by atoms with van der Waals surface area (Å²) in [7, 11) is 0. The number of nitrogens with zero attached hydrogens (tertiary/aromatic N) is 1. The van der Waals surface area contributed by atoms with Gasteiger partial charge < -0.3 is 9.64 Å². The van der Waals surface area contributed by atoms with Gasteiger partial charge in [-0.15, -0.1) is 0 Å². The fourth-order valence-electron chi connectivity index (χ4n) is 2.08. The van der Waals surface area contributed by atoms with Gasteiger partial charge in [-0.05, 0) is 19.1 Å². The zero-order valence-corrected chi connectivity index (χ0v) is 10.7. The Morgan fingerprint density at radius 1 is 1.53 bits per heavy atom. The van der Waals surface area contributed by atoms with E-state index in [4.69, 9.17) is 4.74 Å². The Hall–Kier alpha value is -1.75. The highest BCUT2D eigenvalue weighted by Crippen LogP contribution is 2.20. The van der Waals surface area contributed by atoms with Crippen molar-refractivity contribution >= 4 is 12.0 Å². The summed E-state index contributed by atoms with van der Waals surface area (Å²) in [5.41, 5.74) is -0.405. The van der Waals surface area contributed by atoms with Gasteiger partial charge in [0.05, 0.1) is 12.7 Å². The third-order valence-electron chi connectivity index (χ3n) is 3.08. The molecule has 0 spiro atoms. The maximum Gasteiger partial charge on any atom is 0.260 e. The van der Waals surface area contributed by atoms with Crippen LogP contribution in [0, 0.1) is 11.6 Å². The minimum Gasteiger partial charge on any atom is -0.375 e. The smallest absolute Gasteiger partial charge is 0.260 e. The first-order valence-corrected chi connectivity index (χ1v) is 6.06. The van der Waals surface area contributed by atoms with E-state index in [0.717, 1.165) is 6.07 Å². The van der Waals surface area contributed by atoms with Crippen LogP contribution in [0.3, 0.4) is 0 Å². The summed E-state index contributed by atoms with van der Waals surface area (Å²) in [5, 5.41) is 0. The Kier molecular flexibility index (Phi) is 3.95. The van der Waals surface area contributed by atoms with Crippen LogP contribution in [0.4, 0.5) is 8.78 Å². The van der Waals surface area contributed by atoms with Gasteiger partial charge in [-0.25, -0.2) is 8.78 Å². The summed E-state index contributed by atoms with van der Waals surface area (Å²) < 4.78 is 33.1. The Morgan fingerprint density at radius 2 is 2.26 bits per heavy atom. The number of benzene rings is 1. The molecule has 1 heterocycles. The molecule has 0 aromatic heterocycles. The molecule has 1 saturated heterocycles. The van der Waals surface area contributed by atoms with Gasteiger partial charge in [-0.1, -0.05) is 12.7 Å². The number of hydrogen-bond donors (Lipinski definition) is 0. The number of carbonyl (C=O) groups excluding carboxylic acids is 1. The molecule has 2 rings (SSSR count). The number of morpholine rings is 1.